The van der Waals surface area contributed by atoms with Crippen LogP contribution in [0.5, 0.6) is 0 Å². The van der Waals surface area contributed by atoms with Gasteiger partial charge in [-0.25, -0.2) is 0 Å². The molecule has 1 aromatic rings. The molecule has 0 unspecified atom stereocenters. The topological polar surface area (TPSA) is 0 Å². The normalized spacial score (nSPS) is 8.91. The lowest BCUT2D eigenvalue weighted by Crippen LogP contribution is -1.85. The Morgan fingerprint density at radius 2 is 1.82 bits per heavy atom. The predicted octanol–water partition coefficient (Wildman–Crippen LogP) is 3.06. The average Bonchev–Trinajstić information content (AvgIpc) is 1.94. The van der Waals surface area contributed by atoms with Crippen LogP contribution in [0.25, 0.3) is 0 Å². The Labute approximate surface area is 76.1 Å². The van der Waals surface area contributed by atoms with E-state index in [1.807, 2.05) is 0 Å². The summed E-state index contributed by atoms with van der Waals surface area (Å²) in [4.78, 5) is 0. The highest BCUT2D eigenvalue weighted by atomic mass is 32.1. The SMILES string of the molecule is CCCc1ccccc1C.S. The van der Waals surface area contributed by atoms with Crippen molar-refractivity contribution in [1.29, 1.82) is 0 Å². The Balaban J connectivity index is 0.000001000. The second kappa shape index (κ2) is 5.25. The molecule has 0 saturated heterocycles. The van der Waals surface area contributed by atoms with E-state index in [1.165, 1.54) is 24.0 Å². The van der Waals surface area contributed by atoms with Crippen molar-refractivity contribution in [3.05, 3.63) is 35.4 Å². The van der Waals surface area contributed by atoms with Gasteiger partial charge in [-0.15, -0.1) is 0 Å². The molecule has 62 valence electrons. The van der Waals surface area contributed by atoms with Gasteiger partial charge in [0.1, 0.15) is 0 Å². The minimum Gasteiger partial charge on any atom is -0.197 e. The molecular formula is C10H16S. The van der Waals surface area contributed by atoms with Crippen molar-refractivity contribution < 1.29 is 0 Å². The molecule has 0 atom stereocenters. The average molecular weight is 168 g/mol. The van der Waals surface area contributed by atoms with Gasteiger partial charge in [-0.1, -0.05) is 37.6 Å². The Morgan fingerprint density at radius 3 is 2.36 bits per heavy atom. The Kier molecular flexibility index (Phi) is 5.05. The van der Waals surface area contributed by atoms with Gasteiger partial charge < -0.3 is 0 Å². The maximum Gasteiger partial charge on any atom is -0.0279 e. The molecule has 0 radical (unpaired) electrons. The predicted molar refractivity (Wildman–Crippen MR) is 55.6 cm³/mol. The summed E-state index contributed by atoms with van der Waals surface area (Å²) in [5, 5.41) is 0. The molecule has 0 aliphatic carbocycles. The molecule has 0 amide bonds. The van der Waals surface area contributed by atoms with E-state index in [4.69, 9.17) is 0 Å². The Bertz CT molecular complexity index is 206. The van der Waals surface area contributed by atoms with E-state index >= 15 is 0 Å². The van der Waals surface area contributed by atoms with Crippen LogP contribution >= 0.6 is 13.5 Å². The van der Waals surface area contributed by atoms with E-state index in [0.717, 1.165) is 0 Å². The lowest BCUT2D eigenvalue weighted by atomic mass is 10.1. The zero-order chi connectivity index (χ0) is 7.40. The molecule has 0 aliphatic heterocycles. The first kappa shape index (κ1) is 10.6. The van der Waals surface area contributed by atoms with Crippen molar-refractivity contribution in [2.45, 2.75) is 26.7 Å². The quantitative estimate of drug-likeness (QED) is 0.636. The first-order chi connectivity index (χ1) is 4.84. The van der Waals surface area contributed by atoms with Crippen molar-refractivity contribution >= 4 is 13.5 Å². The molecule has 1 aromatic carbocycles. The third-order valence-electron chi connectivity index (χ3n) is 1.78. The van der Waals surface area contributed by atoms with E-state index in [2.05, 4.69) is 38.1 Å². The van der Waals surface area contributed by atoms with Crippen LogP contribution in [0.1, 0.15) is 24.5 Å². The van der Waals surface area contributed by atoms with Gasteiger partial charge in [0.25, 0.3) is 0 Å². The molecular weight excluding hydrogens is 152 g/mol. The van der Waals surface area contributed by atoms with Gasteiger partial charge in [-0.3, -0.25) is 0 Å². The van der Waals surface area contributed by atoms with Gasteiger partial charge in [0.05, 0.1) is 0 Å². The zero-order valence-electron chi connectivity index (χ0n) is 7.22. The first-order valence-electron chi connectivity index (χ1n) is 3.89. The highest BCUT2D eigenvalue weighted by Crippen LogP contribution is 2.08. The lowest BCUT2D eigenvalue weighted by Gasteiger charge is -2.01. The van der Waals surface area contributed by atoms with Gasteiger partial charge in [0.15, 0.2) is 0 Å². The summed E-state index contributed by atoms with van der Waals surface area (Å²) < 4.78 is 0. The molecule has 11 heavy (non-hydrogen) atoms. The fraction of sp³-hybridized carbons (Fsp3) is 0.400. The highest BCUT2D eigenvalue weighted by Gasteiger charge is 1.92. The molecule has 0 heterocycles. The summed E-state index contributed by atoms with van der Waals surface area (Å²) in [6, 6.07) is 8.58. The van der Waals surface area contributed by atoms with Crippen molar-refractivity contribution in [3.63, 3.8) is 0 Å². The summed E-state index contributed by atoms with van der Waals surface area (Å²) in [5.74, 6) is 0. The standard InChI is InChI=1S/C10H14.H2S/c1-3-6-10-8-5-4-7-9(10)2;/h4-5,7-8H,3,6H2,1-2H3;1H2. The molecule has 0 bridgehead atoms. The van der Waals surface area contributed by atoms with Crippen LogP contribution in [-0.2, 0) is 6.42 Å². The molecule has 0 nitrogen and oxygen atoms in total. The summed E-state index contributed by atoms with van der Waals surface area (Å²) >= 11 is 0. The van der Waals surface area contributed by atoms with Crippen LogP contribution in [0, 0.1) is 6.92 Å². The largest absolute Gasteiger partial charge is 0.197 e. The third-order valence-corrected chi connectivity index (χ3v) is 1.78. The molecule has 1 heteroatoms. The fourth-order valence-electron chi connectivity index (χ4n) is 1.16. The molecule has 0 saturated carbocycles. The molecule has 0 fully saturated rings. The summed E-state index contributed by atoms with van der Waals surface area (Å²) in [7, 11) is 0. The van der Waals surface area contributed by atoms with E-state index < -0.39 is 0 Å². The maximum absolute atomic E-state index is 2.21. The number of hydrogen-bond acceptors (Lipinski definition) is 0. The summed E-state index contributed by atoms with van der Waals surface area (Å²) in [6.07, 6.45) is 2.46. The first-order valence-corrected chi connectivity index (χ1v) is 3.89. The van der Waals surface area contributed by atoms with Crippen LogP contribution in [-0.4, -0.2) is 0 Å². The second-order valence-corrected chi connectivity index (χ2v) is 2.68. The lowest BCUT2D eigenvalue weighted by molar-refractivity contribution is 0.913. The molecule has 1 rings (SSSR count). The van der Waals surface area contributed by atoms with Gasteiger partial charge >= 0.3 is 0 Å². The van der Waals surface area contributed by atoms with Crippen LogP contribution in [0.4, 0.5) is 0 Å². The number of hydrogen-bond donors (Lipinski definition) is 0. The molecule has 0 aliphatic rings. The number of benzene rings is 1. The van der Waals surface area contributed by atoms with Crippen LogP contribution in [0.2, 0.25) is 0 Å². The number of rotatable bonds is 2. The van der Waals surface area contributed by atoms with Crippen LogP contribution in [0.15, 0.2) is 24.3 Å². The van der Waals surface area contributed by atoms with Crippen molar-refractivity contribution in [1.82, 2.24) is 0 Å². The van der Waals surface area contributed by atoms with E-state index in [1.54, 1.807) is 0 Å². The third kappa shape index (κ3) is 2.98. The minimum absolute atomic E-state index is 0. The van der Waals surface area contributed by atoms with Crippen molar-refractivity contribution in [2.75, 3.05) is 0 Å². The van der Waals surface area contributed by atoms with Crippen LogP contribution in [0.3, 0.4) is 0 Å². The maximum atomic E-state index is 2.21. The van der Waals surface area contributed by atoms with Gasteiger partial charge in [-0.05, 0) is 24.5 Å². The van der Waals surface area contributed by atoms with Gasteiger partial charge in [0.2, 0.25) is 0 Å². The fourth-order valence-corrected chi connectivity index (χ4v) is 1.16. The van der Waals surface area contributed by atoms with Crippen molar-refractivity contribution in [3.8, 4) is 0 Å². The molecule has 0 spiro atoms. The Hall–Kier alpha value is -0.430. The highest BCUT2D eigenvalue weighted by molar-refractivity contribution is 7.59. The summed E-state index contributed by atoms with van der Waals surface area (Å²) in [6.45, 7) is 4.39. The number of aryl methyl sites for hydroxylation is 2. The summed E-state index contributed by atoms with van der Waals surface area (Å²) in [5.41, 5.74) is 2.91. The van der Waals surface area contributed by atoms with Gasteiger partial charge in [0, 0.05) is 0 Å². The monoisotopic (exact) mass is 168 g/mol. The van der Waals surface area contributed by atoms with Crippen LogP contribution < -0.4 is 0 Å². The smallest absolute Gasteiger partial charge is 0.0279 e. The van der Waals surface area contributed by atoms with E-state index in [9.17, 15) is 0 Å². The van der Waals surface area contributed by atoms with E-state index in [0.29, 0.717) is 0 Å². The minimum atomic E-state index is 0. The van der Waals surface area contributed by atoms with Crippen molar-refractivity contribution in [2.24, 2.45) is 0 Å². The second-order valence-electron chi connectivity index (χ2n) is 2.68. The molecule has 0 aromatic heterocycles. The van der Waals surface area contributed by atoms with Gasteiger partial charge in [-0.2, -0.15) is 13.5 Å². The zero-order valence-corrected chi connectivity index (χ0v) is 8.22. The Morgan fingerprint density at radius 1 is 1.18 bits per heavy atom. The molecule has 0 N–H and O–H groups in total. The van der Waals surface area contributed by atoms with E-state index in [-0.39, 0.29) is 13.5 Å².